The second-order valence-corrected chi connectivity index (χ2v) is 8.35. The second kappa shape index (κ2) is 5.73. The molecule has 8 heteroatoms. The summed E-state index contributed by atoms with van der Waals surface area (Å²) in [4.78, 5) is 11.8. The van der Waals surface area contributed by atoms with Crippen LogP contribution in [0.15, 0.2) is 0 Å². The molecule has 2 aliphatic heterocycles. The first-order valence-corrected chi connectivity index (χ1v) is 9.35. The molecule has 2 N–H and O–H groups in total. The van der Waals surface area contributed by atoms with Crippen LogP contribution in [0.25, 0.3) is 0 Å². The van der Waals surface area contributed by atoms with E-state index in [1.807, 2.05) is 0 Å². The van der Waals surface area contributed by atoms with Crippen LogP contribution in [0.5, 0.6) is 0 Å². The minimum atomic E-state index is -2.97. The largest absolute Gasteiger partial charge is 0.347 e. The molecular weight excluding hydrogens is 296 g/mol. The van der Waals surface area contributed by atoms with E-state index in [9.17, 15) is 13.2 Å². The van der Waals surface area contributed by atoms with Crippen molar-refractivity contribution in [1.82, 2.24) is 10.6 Å². The molecule has 0 aromatic rings. The molecule has 2 heterocycles. The van der Waals surface area contributed by atoms with Gasteiger partial charge in [-0.05, 0) is 19.3 Å². The van der Waals surface area contributed by atoms with Crippen LogP contribution in [0, 0.1) is 0 Å². The van der Waals surface area contributed by atoms with Gasteiger partial charge < -0.3 is 20.1 Å². The van der Waals surface area contributed by atoms with E-state index in [1.165, 1.54) is 0 Å². The van der Waals surface area contributed by atoms with E-state index in [0.717, 1.165) is 25.7 Å². The van der Waals surface area contributed by atoms with Crippen LogP contribution in [-0.4, -0.2) is 57.0 Å². The van der Waals surface area contributed by atoms with Crippen molar-refractivity contribution in [1.29, 1.82) is 0 Å². The number of nitrogens with one attached hydrogen (secondary N) is 2. The van der Waals surface area contributed by atoms with Crippen molar-refractivity contribution in [3.63, 3.8) is 0 Å². The van der Waals surface area contributed by atoms with Gasteiger partial charge in [-0.2, -0.15) is 0 Å². The summed E-state index contributed by atoms with van der Waals surface area (Å²) in [6.07, 6.45) is 4.46. The molecule has 1 spiro atoms. The predicted molar refractivity (Wildman–Crippen MR) is 75.6 cm³/mol. The van der Waals surface area contributed by atoms with Gasteiger partial charge in [-0.1, -0.05) is 0 Å². The fourth-order valence-corrected chi connectivity index (χ4v) is 4.92. The Kier molecular flexibility index (Phi) is 4.11. The quantitative estimate of drug-likeness (QED) is 0.773. The Morgan fingerprint density at radius 3 is 2.71 bits per heavy atom. The third kappa shape index (κ3) is 3.67. The lowest BCUT2D eigenvalue weighted by atomic mass is 10.2. The molecular formula is C13H22N2O5S. The van der Waals surface area contributed by atoms with Gasteiger partial charge in [0.15, 0.2) is 15.6 Å². The number of urea groups is 1. The summed E-state index contributed by atoms with van der Waals surface area (Å²) in [5.74, 6) is -0.227. The van der Waals surface area contributed by atoms with E-state index >= 15 is 0 Å². The second-order valence-electron chi connectivity index (χ2n) is 6.12. The molecule has 3 fully saturated rings. The molecule has 1 saturated carbocycles. The third-order valence-electron chi connectivity index (χ3n) is 4.34. The minimum Gasteiger partial charge on any atom is -0.347 e. The highest BCUT2D eigenvalue weighted by Crippen LogP contribution is 2.38. The van der Waals surface area contributed by atoms with Gasteiger partial charge in [-0.3, -0.25) is 0 Å². The lowest BCUT2D eigenvalue weighted by molar-refractivity contribution is -0.160. The smallest absolute Gasteiger partial charge is 0.315 e. The first-order chi connectivity index (χ1) is 9.96. The number of carbonyl (C=O) groups excluding carboxylic acids is 1. The van der Waals surface area contributed by atoms with Gasteiger partial charge in [0.1, 0.15) is 6.10 Å². The van der Waals surface area contributed by atoms with E-state index in [0.29, 0.717) is 19.6 Å². The van der Waals surface area contributed by atoms with Crippen molar-refractivity contribution in [3.05, 3.63) is 0 Å². The van der Waals surface area contributed by atoms with Crippen LogP contribution in [0.2, 0.25) is 0 Å². The lowest BCUT2D eigenvalue weighted by Gasteiger charge is -2.22. The van der Waals surface area contributed by atoms with Gasteiger partial charge in [-0.15, -0.1) is 0 Å². The SMILES string of the molecule is O=C(NC[C@H]1COC2(CCCC2)O1)N[C@H]1CCS(=O)(=O)C1. The maximum absolute atomic E-state index is 11.8. The number of rotatable bonds is 3. The summed E-state index contributed by atoms with van der Waals surface area (Å²) in [5.41, 5.74) is 0. The Bertz CT molecular complexity index is 501. The minimum absolute atomic E-state index is 0.0343. The summed E-state index contributed by atoms with van der Waals surface area (Å²) in [7, 11) is -2.97. The molecule has 120 valence electrons. The Labute approximate surface area is 124 Å². The number of hydrogen-bond acceptors (Lipinski definition) is 5. The summed E-state index contributed by atoms with van der Waals surface area (Å²) in [6, 6.07) is -0.620. The lowest BCUT2D eigenvalue weighted by Crippen LogP contribution is -2.45. The summed E-state index contributed by atoms with van der Waals surface area (Å²) < 4.78 is 34.3. The molecule has 2 amide bonds. The van der Waals surface area contributed by atoms with Gasteiger partial charge in [0.05, 0.1) is 18.1 Å². The monoisotopic (exact) mass is 318 g/mol. The Morgan fingerprint density at radius 2 is 2.05 bits per heavy atom. The van der Waals surface area contributed by atoms with Crippen LogP contribution in [0.4, 0.5) is 4.79 Å². The molecule has 0 aromatic carbocycles. The van der Waals surface area contributed by atoms with Crippen molar-refractivity contribution >= 4 is 15.9 Å². The Balaban J connectivity index is 1.39. The third-order valence-corrected chi connectivity index (χ3v) is 6.10. The molecule has 0 unspecified atom stereocenters. The molecule has 1 aliphatic carbocycles. The molecule has 21 heavy (non-hydrogen) atoms. The Hall–Kier alpha value is -0.860. The first-order valence-electron chi connectivity index (χ1n) is 7.53. The van der Waals surface area contributed by atoms with Crippen LogP contribution < -0.4 is 10.6 Å². The van der Waals surface area contributed by atoms with Gasteiger partial charge >= 0.3 is 6.03 Å². The van der Waals surface area contributed by atoms with Crippen LogP contribution in [0.3, 0.4) is 0 Å². The van der Waals surface area contributed by atoms with E-state index in [4.69, 9.17) is 9.47 Å². The van der Waals surface area contributed by atoms with Crippen molar-refractivity contribution in [3.8, 4) is 0 Å². The van der Waals surface area contributed by atoms with Crippen LogP contribution >= 0.6 is 0 Å². The fraction of sp³-hybridized carbons (Fsp3) is 0.923. The summed E-state index contributed by atoms with van der Waals surface area (Å²) >= 11 is 0. The predicted octanol–water partition coefficient (Wildman–Crippen LogP) is 0.158. The van der Waals surface area contributed by atoms with Crippen molar-refractivity contribution < 1.29 is 22.7 Å². The maximum Gasteiger partial charge on any atom is 0.315 e. The van der Waals surface area contributed by atoms with Gasteiger partial charge in [0.2, 0.25) is 0 Å². The zero-order valence-electron chi connectivity index (χ0n) is 12.0. The topological polar surface area (TPSA) is 93.7 Å². The fourth-order valence-electron chi connectivity index (χ4n) is 3.24. The molecule has 0 radical (unpaired) electrons. The van der Waals surface area contributed by atoms with E-state index in [2.05, 4.69) is 10.6 Å². The molecule has 3 aliphatic rings. The average molecular weight is 318 g/mol. The highest BCUT2D eigenvalue weighted by Gasteiger charge is 2.43. The molecule has 3 rings (SSSR count). The van der Waals surface area contributed by atoms with Crippen molar-refractivity contribution in [2.75, 3.05) is 24.7 Å². The number of amides is 2. The van der Waals surface area contributed by atoms with Gasteiger partial charge in [-0.25, -0.2) is 13.2 Å². The molecule has 0 aromatic heterocycles. The molecule has 7 nitrogen and oxygen atoms in total. The Morgan fingerprint density at radius 1 is 1.29 bits per heavy atom. The van der Waals surface area contributed by atoms with Crippen LogP contribution in [-0.2, 0) is 19.3 Å². The zero-order valence-corrected chi connectivity index (χ0v) is 12.8. The summed E-state index contributed by atoms with van der Waals surface area (Å²) in [6.45, 7) is 0.880. The summed E-state index contributed by atoms with van der Waals surface area (Å²) in [5, 5.41) is 5.43. The van der Waals surface area contributed by atoms with E-state index in [1.54, 1.807) is 0 Å². The van der Waals surface area contributed by atoms with Gasteiger partial charge in [0, 0.05) is 25.4 Å². The molecule has 2 saturated heterocycles. The van der Waals surface area contributed by atoms with Crippen molar-refractivity contribution in [2.45, 2.75) is 50.0 Å². The van der Waals surface area contributed by atoms with E-state index < -0.39 is 15.6 Å². The first kappa shape index (κ1) is 15.1. The maximum atomic E-state index is 11.8. The number of ether oxygens (including phenoxy) is 2. The van der Waals surface area contributed by atoms with Crippen LogP contribution in [0.1, 0.15) is 32.1 Å². The number of hydrogen-bond donors (Lipinski definition) is 2. The molecule has 0 bridgehead atoms. The number of carbonyl (C=O) groups is 1. The highest BCUT2D eigenvalue weighted by molar-refractivity contribution is 7.91. The van der Waals surface area contributed by atoms with E-state index in [-0.39, 0.29) is 29.7 Å². The molecule has 2 atom stereocenters. The zero-order chi connectivity index (χ0) is 14.9. The highest BCUT2D eigenvalue weighted by atomic mass is 32.2. The van der Waals surface area contributed by atoms with Crippen molar-refractivity contribution in [2.24, 2.45) is 0 Å². The standard InChI is InChI=1S/C13H22N2O5S/c16-12(15-10-3-6-21(17,18)9-10)14-7-11-8-19-13(20-11)4-1-2-5-13/h10-11H,1-9H2,(H2,14,15,16)/t10-,11-/m0/s1. The average Bonchev–Trinajstić information content (AvgIpc) is 3.11. The number of sulfone groups is 1. The van der Waals surface area contributed by atoms with Gasteiger partial charge in [0.25, 0.3) is 0 Å². The normalized spacial score (nSPS) is 33.3.